The summed E-state index contributed by atoms with van der Waals surface area (Å²) in [4.78, 5) is 24.3. The molecule has 3 unspecified atom stereocenters. The van der Waals surface area contributed by atoms with Gasteiger partial charge in [-0.3, -0.25) is 14.9 Å². The van der Waals surface area contributed by atoms with Gasteiger partial charge in [-0.15, -0.1) is 0 Å². The first kappa shape index (κ1) is 14.5. The third-order valence-electron chi connectivity index (χ3n) is 5.22. The summed E-state index contributed by atoms with van der Waals surface area (Å²) in [6.07, 6.45) is 7.24. The Morgan fingerprint density at radius 1 is 1.32 bits per heavy atom. The average molecular weight is 265 g/mol. The minimum Gasteiger partial charge on any atom is -0.296 e. The number of hydrogen-bond donors (Lipinski definition) is 1. The molecule has 2 amide bonds. The van der Waals surface area contributed by atoms with Crippen LogP contribution in [0.25, 0.3) is 0 Å². The van der Waals surface area contributed by atoms with E-state index in [4.69, 9.17) is 0 Å². The number of nitrogens with one attached hydrogen (secondary N) is 1. The molecule has 3 atom stereocenters. The summed E-state index contributed by atoms with van der Waals surface area (Å²) in [7, 11) is 0. The van der Waals surface area contributed by atoms with Crippen molar-refractivity contribution in [3.63, 3.8) is 0 Å². The molecule has 2 fully saturated rings. The molecule has 0 aromatic rings. The van der Waals surface area contributed by atoms with Crippen LogP contribution in [0, 0.1) is 23.2 Å². The minimum absolute atomic E-state index is 0.00898. The van der Waals surface area contributed by atoms with E-state index in [1.165, 1.54) is 19.3 Å². The predicted molar refractivity (Wildman–Crippen MR) is 75.4 cm³/mol. The fourth-order valence-electron chi connectivity index (χ4n) is 4.40. The SMILES string of the molecule is CCC1CCCCC12CC(=O)NC(=O)C2CC(C)C. The van der Waals surface area contributed by atoms with Gasteiger partial charge in [0.1, 0.15) is 0 Å². The van der Waals surface area contributed by atoms with Crippen molar-refractivity contribution in [3.05, 3.63) is 0 Å². The molecule has 0 bridgehead atoms. The first-order valence-electron chi connectivity index (χ1n) is 7.83. The lowest BCUT2D eigenvalue weighted by Gasteiger charge is -2.51. The predicted octanol–water partition coefficient (Wildman–Crippen LogP) is 3.28. The van der Waals surface area contributed by atoms with Crippen molar-refractivity contribution in [2.45, 2.75) is 65.7 Å². The molecule has 0 radical (unpaired) electrons. The van der Waals surface area contributed by atoms with Crippen molar-refractivity contribution in [1.82, 2.24) is 5.32 Å². The maximum Gasteiger partial charge on any atom is 0.230 e. The number of piperidine rings is 1. The molecule has 0 aromatic heterocycles. The number of carbonyl (C=O) groups excluding carboxylic acids is 2. The van der Waals surface area contributed by atoms with E-state index in [1.807, 2.05) is 0 Å². The zero-order valence-electron chi connectivity index (χ0n) is 12.5. The lowest BCUT2D eigenvalue weighted by Crippen LogP contribution is -2.56. The van der Waals surface area contributed by atoms with Gasteiger partial charge in [0.05, 0.1) is 0 Å². The van der Waals surface area contributed by atoms with Crippen molar-refractivity contribution in [2.75, 3.05) is 0 Å². The molecule has 3 nitrogen and oxygen atoms in total. The van der Waals surface area contributed by atoms with Gasteiger partial charge in [-0.25, -0.2) is 0 Å². The second kappa shape index (κ2) is 5.64. The summed E-state index contributed by atoms with van der Waals surface area (Å²) >= 11 is 0. The molecule has 2 aliphatic rings. The van der Waals surface area contributed by atoms with E-state index in [0.717, 1.165) is 19.3 Å². The number of carbonyl (C=O) groups is 2. The highest BCUT2D eigenvalue weighted by atomic mass is 16.2. The van der Waals surface area contributed by atoms with Crippen LogP contribution in [0.5, 0.6) is 0 Å². The quantitative estimate of drug-likeness (QED) is 0.796. The molecule has 0 aromatic carbocycles. The van der Waals surface area contributed by atoms with Crippen molar-refractivity contribution >= 4 is 11.8 Å². The van der Waals surface area contributed by atoms with E-state index in [-0.39, 0.29) is 23.1 Å². The molecule has 3 heteroatoms. The Morgan fingerprint density at radius 2 is 2.05 bits per heavy atom. The Kier molecular flexibility index (Phi) is 4.32. The Bertz CT molecular complexity index is 364. The summed E-state index contributed by atoms with van der Waals surface area (Å²) in [5, 5.41) is 2.57. The third-order valence-corrected chi connectivity index (χ3v) is 5.22. The van der Waals surface area contributed by atoms with Crippen LogP contribution >= 0.6 is 0 Å². The number of rotatable bonds is 3. The first-order chi connectivity index (χ1) is 8.99. The lowest BCUT2D eigenvalue weighted by atomic mass is 9.54. The molecule has 2 rings (SSSR count). The van der Waals surface area contributed by atoms with Crippen LogP contribution in [-0.2, 0) is 9.59 Å². The van der Waals surface area contributed by atoms with Gasteiger partial charge in [-0.2, -0.15) is 0 Å². The van der Waals surface area contributed by atoms with Gasteiger partial charge < -0.3 is 0 Å². The van der Waals surface area contributed by atoms with Crippen LogP contribution in [0.15, 0.2) is 0 Å². The Labute approximate surface area is 116 Å². The van der Waals surface area contributed by atoms with Crippen molar-refractivity contribution in [1.29, 1.82) is 0 Å². The highest BCUT2D eigenvalue weighted by Crippen LogP contribution is 2.53. The smallest absolute Gasteiger partial charge is 0.230 e. The number of hydrogen-bond acceptors (Lipinski definition) is 2. The van der Waals surface area contributed by atoms with Crippen LogP contribution in [-0.4, -0.2) is 11.8 Å². The molecular weight excluding hydrogens is 238 g/mol. The summed E-state index contributed by atoms with van der Waals surface area (Å²) < 4.78 is 0. The van der Waals surface area contributed by atoms with Crippen molar-refractivity contribution in [3.8, 4) is 0 Å². The largest absolute Gasteiger partial charge is 0.296 e. The average Bonchev–Trinajstić information content (AvgIpc) is 2.34. The Morgan fingerprint density at radius 3 is 2.68 bits per heavy atom. The summed E-state index contributed by atoms with van der Waals surface area (Å²) in [5.41, 5.74) is -0.0450. The normalized spacial score (nSPS) is 35.8. The van der Waals surface area contributed by atoms with E-state index < -0.39 is 0 Å². The van der Waals surface area contributed by atoms with E-state index in [2.05, 4.69) is 26.1 Å². The first-order valence-corrected chi connectivity index (χ1v) is 7.83. The number of amides is 2. The Hall–Kier alpha value is -0.860. The van der Waals surface area contributed by atoms with Gasteiger partial charge in [0.15, 0.2) is 0 Å². The van der Waals surface area contributed by atoms with Gasteiger partial charge in [0.2, 0.25) is 11.8 Å². The third kappa shape index (κ3) is 2.70. The molecule has 1 saturated carbocycles. The highest BCUT2D eigenvalue weighted by Gasteiger charge is 2.52. The molecule has 1 spiro atoms. The van der Waals surface area contributed by atoms with Gasteiger partial charge in [0, 0.05) is 12.3 Å². The van der Waals surface area contributed by atoms with E-state index in [1.54, 1.807) is 0 Å². The number of imide groups is 1. The molecule has 1 N–H and O–H groups in total. The molecule has 1 heterocycles. The fraction of sp³-hybridized carbons (Fsp3) is 0.875. The zero-order chi connectivity index (χ0) is 14.0. The monoisotopic (exact) mass is 265 g/mol. The van der Waals surface area contributed by atoms with Crippen LogP contribution in [0.2, 0.25) is 0 Å². The van der Waals surface area contributed by atoms with Gasteiger partial charge in [-0.05, 0) is 36.5 Å². The fourth-order valence-corrected chi connectivity index (χ4v) is 4.40. The molecule has 19 heavy (non-hydrogen) atoms. The second-order valence-corrected chi connectivity index (χ2v) is 6.86. The summed E-state index contributed by atoms with van der Waals surface area (Å²) in [5.74, 6) is 1.02. The van der Waals surface area contributed by atoms with Crippen LogP contribution < -0.4 is 5.32 Å². The van der Waals surface area contributed by atoms with Gasteiger partial charge >= 0.3 is 0 Å². The molecule has 1 aliphatic heterocycles. The Balaban J connectivity index is 2.33. The van der Waals surface area contributed by atoms with Crippen molar-refractivity contribution in [2.24, 2.45) is 23.2 Å². The standard InChI is InChI=1S/C16H27NO2/c1-4-12-7-5-6-8-16(12)10-14(18)17-15(19)13(16)9-11(2)3/h11-13H,4-10H2,1-3H3,(H,17,18,19). The lowest BCUT2D eigenvalue weighted by molar-refractivity contribution is -0.150. The minimum atomic E-state index is -0.0506. The molecule has 1 saturated heterocycles. The molecule has 108 valence electrons. The van der Waals surface area contributed by atoms with Gasteiger partial charge in [0.25, 0.3) is 0 Å². The molecule has 1 aliphatic carbocycles. The maximum atomic E-state index is 12.3. The summed E-state index contributed by atoms with van der Waals surface area (Å²) in [6, 6.07) is 0. The van der Waals surface area contributed by atoms with E-state index in [9.17, 15) is 9.59 Å². The maximum absolute atomic E-state index is 12.3. The zero-order valence-corrected chi connectivity index (χ0v) is 12.5. The van der Waals surface area contributed by atoms with Crippen LogP contribution in [0.1, 0.15) is 65.7 Å². The van der Waals surface area contributed by atoms with Crippen LogP contribution in [0.3, 0.4) is 0 Å². The van der Waals surface area contributed by atoms with Gasteiger partial charge in [-0.1, -0.05) is 40.0 Å². The highest BCUT2D eigenvalue weighted by molar-refractivity contribution is 5.99. The topological polar surface area (TPSA) is 46.2 Å². The van der Waals surface area contributed by atoms with Crippen LogP contribution in [0.4, 0.5) is 0 Å². The van der Waals surface area contributed by atoms with E-state index >= 15 is 0 Å². The van der Waals surface area contributed by atoms with Crippen molar-refractivity contribution < 1.29 is 9.59 Å². The second-order valence-electron chi connectivity index (χ2n) is 6.86. The summed E-state index contributed by atoms with van der Waals surface area (Å²) in [6.45, 7) is 6.55. The van der Waals surface area contributed by atoms with E-state index in [0.29, 0.717) is 18.3 Å². The molecular formula is C16H27NO2.